The minimum absolute atomic E-state index is 0.0327. The van der Waals surface area contributed by atoms with Crippen LogP contribution in [-0.2, 0) is 4.79 Å². The first-order valence-corrected chi connectivity index (χ1v) is 11.3. The van der Waals surface area contributed by atoms with Gasteiger partial charge in [0.05, 0.1) is 17.1 Å². The average molecular weight is 452 g/mol. The lowest BCUT2D eigenvalue weighted by Crippen LogP contribution is -2.23. The Kier molecular flexibility index (Phi) is 4.85. The summed E-state index contributed by atoms with van der Waals surface area (Å²) in [4.78, 5) is 12.0. The molecule has 2 aromatic carbocycles. The molecule has 2 atom stereocenters. The third-order valence-corrected chi connectivity index (χ3v) is 7.30. The lowest BCUT2D eigenvalue weighted by atomic mass is 9.84. The van der Waals surface area contributed by atoms with Gasteiger partial charge in [0, 0.05) is 22.2 Å². The summed E-state index contributed by atoms with van der Waals surface area (Å²) >= 11 is 0. The lowest BCUT2D eigenvalue weighted by molar-refractivity contribution is -0.147. The standard InChI is InChI=1S/C26H27F2N3O2/c1-13(2)24-20(15-7-8-26(4,11-15)25(32)33)21-19(10-16-12-29-30-23(16)22(21)28)31(24)17-5-6-18(27)14(3)9-17/h5-6,9-10,12-13,15H,7-8,11H2,1-4H3,(H,29,30)(H,32,33)/t15-,26-/m1/s1. The van der Waals surface area contributed by atoms with Gasteiger partial charge in [0.1, 0.15) is 11.3 Å². The van der Waals surface area contributed by atoms with Crippen molar-refractivity contribution in [2.24, 2.45) is 5.41 Å². The first-order chi connectivity index (χ1) is 15.6. The van der Waals surface area contributed by atoms with Crippen LogP contribution in [0.3, 0.4) is 0 Å². The summed E-state index contributed by atoms with van der Waals surface area (Å²) in [5.74, 6) is -1.55. The van der Waals surface area contributed by atoms with E-state index in [1.807, 2.05) is 10.6 Å². The molecule has 0 spiro atoms. The molecule has 172 valence electrons. The summed E-state index contributed by atoms with van der Waals surface area (Å²) < 4.78 is 32.1. The molecule has 4 aromatic rings. The Morgan fingerprint density at radius 1 is 1.30 bits per heavy atom. The molecule has 1 aliphatic rings. The molecule has 2 heterocycles. The van der Waals surface area contributed by atoms with E-state index in [1.54, 1.807) is 32.2 Å². The van der Waals surface area contributed by atoms with Gasteiger partial charge in [0.15, 0.2) is 5.82 Å². The number of H-pyrrole nitrogens is 1. The van der Waals surface area contributed by atoms with Crippen LogP contribution in [0, 0.1) is 24.0 Å². The summed E-state index contributed by atoms with van der Waals surface area (Å²) in [6.07, 6.45) is 3.26. The maximum Gasteiger partial charge on any atom is 0.309 e. The number of hydrogen-bond acceptors (Lipinski definition) is 2. The molecule has 0 unspecified atom stereocenters. The van der Waals surface area contributed by atoms with Gasteiger partial charge in [-0.15, -0.1) is 0 Å². The van der Waals surface area contributed by atoms with E-state index < -0.39 is 11.4 Å². The number of carboxylic acid groups (broad SMARTS) is 1. The normalized spacial score (nSPS) is 21.0. The Balaban J connectivity index is 1.88. The average Bonchev–Trinajstić information content (AvgIpc) is 3.46. The predicted octanol–water partition coefficient (Wildman–Crippen LogP) is 6.58. The number of hydrogen-bond donors (Lipinski definition) is 2. The zero-order chi connectivity index (χ0) is 23.7. The van der Waals surface area contributed by atoms with Crippen LogP contribution in [0.15, 0.2) is 30.5 Å². The second kappa shape index (κ2) is 7.40. The van der Waals surface area contributed by atoms with Gasteiger partial charge < -0.3 is 9.67 Å². The van der Waals surface area contributed by atoms with Gasteiger partial charge in [-0.05, 0) is 80.3 Å². The molecule has 7 heteroatoms. The minimum atomic E-state index is -0.839. The number of aliphatic carboxylic acids is 1. The zero-order valence-corrected chi connectivity index (χ0v) is 19.2. The van der Waals surface area contributed by atoms with E-state index in [0.717, 1.165) is 16.9 Å². The molecule has 5 nitrogen and oxygen atoms in total. The van der Waals surface area contributed by atoms with Gasteiger partial charge in [0.25, 0.3) is 0 Å². The fraction of sp³-hybridized carbons (Fsp3) is 0.385. The second-order valence-corrected chi connectivity index (χ2v) is 9.95. The van der Waals surface area contributed by atoms with Crippen molar-refractivity contribution in [3.8, 4) is 5.69 Å². The number of rotatable bonds is 4. The van der Waals surface area contributed by atoms with E-state index in [1.165, 1.54) is 6.07 Å². The molecular weight excluding hydrogens is 424 g/mol. The fourth-order valence-electron chi connectivity index (χ4n) is 5.56. The molecule has 2 aromatic heterocycles. The molecule has 1 aliphatic carbocycles. The van der Waals surface area contributed by atoms with Gasteiger partial charge >= 0.3 is 5.97 Å². The second-order valence-electron chi connectivity index (χ2n) is 9.95. The number of halogens is 2. The van der Waals surface area contributed by atoms with Crippen LogP contribution in [0.25, 0.3) is 27.5 Å². The highest BCUT2D eigenvalue weighted by molar-refractivity contribution is 6.00. The minimum Gasteiger partial charge on any atom is -0.481 e. The molecule has 33 heavy (non-hydrogen) atoms. The van der Waals surface area contributed by atoms with Crippen LogP contribution < -0.4 is 0 Å². The van der Waals surface area contributed by atoms with E-state index in [-0.39, 0.29) is 23.5 Å². The van der Waals surface area contributed by atoms with Gasteiger partial charge in [-0.25, -0.2) is 8.78 Å². The van der Waals surface area contributed by atoms with E-state index in [0.29, 0.717) is 46.6 Å². The topological polar surface area (TPSA) is 70.9 Å². The van der Waals surface area contributed by atoms with Crippen LogP contribution in [0.5, 0.6) is 0 Å². The van der Waals surface area contributed by atoms with Gasteiger partial charge in [-0.2, -0.15) is 5.10 Å². The molecule has 0 bridgehead atoms. The smallest absolute Gasteiger partial charge is 0.309 e. The highest BCUT2D eigenvalue weighted by atomic mass is 19.1. The van der Waals surface area contributed by atoms with Crippen molar-refractivity contribution < 1.29 is 18.7 Å². The number of aromatic amines is 1. The van der Waals surface area contributed by atoms with E-state index in [2.05, 4.69) is 24.0 Å². The van der Waals surface area contributed by atoms with Crippen molar-refractivity contribution in [2.45, 2.75) is 58.8 Å². The monoisotopic (exact) mass is 451 g/mol. The van der Waals surface area contributed by atoms with Crippen LogP contribution in [0.2, 0.25) is 0 Å². The largest absolute Gasteiger partial charge is 0.481 e. The van der Waals surface area contributed by atoms with Crippen molar-refractivity contribution in [3.05, 3.63) is 58.9 Å². The number of aromatic nitrogens is 3. The molecule has 1 fully saturated rings. The Hall–Kier alpha value is -3.22. The van der Waals surface area contributed by atoms with Crippen LogP contribution >= 0.6 is 0 Å². The molecule has 0 aliphatic heterocycles. The van der Waals surface area contributed by atoms with Crippen LogP contribution in [0.4, 0.5) is 8.78 Å². The van der Waals surface area contributed by atoms with Crippen molar-refractivity contribution >= 4 is 27.8 Å². The fourth-order valence-corrected chi connectivity index (χ4v) is 5.56. The molecule has 2 N–H and O–H groups in total. The van der Waals surface area contributed by atoms with Crippen LogP contribution in [0.1, 0.15) is 68.7 Å². The summed E-state index contributed by atoms with van der Waals surface area (Å²) in [7, 11) is 0. The van der Waals surface area contributed by atoms with Crippen molar-refractivity contribution in [1.29, 1.82) is 0 Å². The Bertz CT molecular complexity index is 1420. The number of carbonyl (C=O) groups is 1. The Labute approximate surface area is 190 Å². The van der Waals surface area contributed by atoms with Gasteiger partial charge in [-0.3, -0.25) is 9.89 Å². The summed E-state index contributed by atoms with van der Waals surface area (Å²) in [6, 6.07) is 6.84. The predicted molar refractivity (Wildman–Crippen MR) is 124 cm³/mol. The molecule has 1 saturated carbocycles. The van der Waals surface area contributed by atoms with Crippen molar-refractivity contribution in [3.63, 3.8) is 0 Å². The highest BCUT2D eigenvalue weighted by Crippen LogP contribution is 2.52. The SMILES string of the molecule is Cc1cc(-n2c(C(C)C)c([C@@H]3CC[C@@](C)(C(=O)O)C3)c3c(F)c4[nH]ncc4cc32)ccc1F. The molecule has 0 amide bonds. The highest BCUT2D eigenvalue weighted by Gasteiger charge is 2.44. The summed E-state index contributed by atoms with van der Waals surface area (Å²) in [5.41, 5.74) is 3.26. The maximum atomic E-state index is 16.0. The third kappa shape index (κ3) is 3.16. The van der Waals surface area contributed by atoms with Crippen molar-refractivity contribution in [1.82, 2.24) is 14.8 Å². The van der Waals surface area contributed by atoms with E-state index >= 15 is 4.39 Å². The Morgan fingerprint density at radius 3 is 2.70 bits per heavy atom. The quantitative estimate of drug-likeness (QED) is 0.368. The summed E-state index contributed by atoms with van der Waals surface area (Å²) in [6.45, 7) is 7.60. The van der Waals surface area contributed by atoms with Crippen LogP contribution in [-0.4, -0.2) is 25.8 Å². The molecule has 0 saturated heterocycles. The zero-order valence-electron chi connectivity index (χ0n) is 19.2. The number of fused-ring (bicyclic) bond motifs is 2. The Morgan fingerprint density at radius 2 is 2.06 bits per heavy atom. The van der Waals surface area contributed by atoms with Gasteiger partial charge in [-0.1, -0.05) is 13.8 Å². The molecular formula is C26H27F2N3O2. The first-order valence-electron chi connectivity index (χ1n) is 11.3. The lowest BCUT2D eigenvalue weighted by Gasteiger charge is -2.21. The number of benzene rings is 2. The maximum absolute atomic E-state index is 16.0. The molecule has 0 radical (unpaired) electrons. The number of nitrogens with one attached hydrogen (secondary N) is 1. The molecule has 5 rings (SSSR count). The van der Waals surface area contributed by atoms with Gasteiger partial charge in [0.2, 0.25) is 0 Å². The van der Waals surface area contributed by atoms with E-state index in [4.69, 9.17) is 0 Å². The third-order valence-electron chi connectivity index (χ3n) is 7.30. The summed E-state index contributed by atoms with van der Waals surface area (Å²) in [5, 5.41) is 17.8. The number of carboxylic acids is 1. The van der Waals surface area contributed by atoms with E-state index in [9.17, 15) is 14.3 Å². The first kappa shape index (κ1) is 21.6. The number of aryl methyl sites for hydroxylation is 1. The van der Waals surface area contributed by atoms with Crippen molar-refractivity contribution in [2.75, 3.05) is 0 Å². The number of nitrogens with zero attached hydrogens (tertiary/aromatic N) is 2.